The highest BCUT2D eigenvalue weighted by Crippen LogP contribution is 2.40. The third kappa shape index (κ3) is 4.19. The molecule has 0 bridgehead atoms. The van der Waals surface area contributed by atoms with E-state index in [1.165, 1.54) is 0 Å². The van der Waals surface area contributed by atoms with Crippen molar-refractivity contribution in [2.75, 3.05) is 31.1 Å². The SMILES string of the molecule is CCOC(=O)C12CNC=C1CN(c1ccc(-c3ccccc3)nn1)C2.Cl.Cl.Cl. The summed E-state index contributed by atoms with van der Waals surface area (Å²) in [6.07, 6.45) is 1.93. The third-order valence-electron chi connectivity index (χ3n) is 4.83. The molecule has 1 atom stereocenters. The van der Waals surface area contributed by atoms with Gasteiger partial charge in [-0.05, 0) is 30.8 Å². The number of ether oxygens (including phenoxy) is 1. The number of anilines is 1. The van der Waals surface area contributed by atoms with E-state index in [0.29, 0.717) is 26.2 Å². The van der Waals surface area contributed by atoms with Crippen LogP contribution >= 0.6 is 37.2 Å². The summed E-state index contributed by atoms with van der Waals surface area (Å²) in [4.78, 5) is 14.6. The van der Waals surface area contributed by atoms with Gasteiger partial charge >= 0.3 is 5.97 Å². The lowest BCUT2D eigenvalue weighted by Gasteiger charge is -2.24. The molecule has 28 heavy (non-hydrogen) atoms. The molecule has 1 N–H and O–H groups in total. The topological polar surface area (TPSA) is 67.3 Å². The normalized spacial score (nSPS) is 19.2. The Morgan fingerprint density at radius 1 is 1.14 bits per heavy atom. The highest BCUT2D eigenvalue weighted by molar-refractivity contribution is 5.86. The van der Waals surface area contributed by atoms with Gasteiger partial charge in [-0.1, -0.05) is 30.3 Å². The molecule has 0 amide bonds. The van der Waals surface area contributed by atoms with Gasteiger partial charge in [0.25, 0.3) is 0 Å². The van der Waals surface area contributed by atoms with Gasteiger partial charge in [0.15, 0.2) is 5.82 Å². The molecule has 1 aromatic heterocycles. The lowest BCUT2D eigenvalue weighted by Crippen LogP contribution is -2.41. The van der Waals surface area contributed by atoms with E-state index in [4.69, 9.17) is 4.74 Å². The minimum atomic E-state index is -0.601. The highest BCUT2D eigenvalue weighted by Gasteiger charge is 2.52. The molecule has 1 aromatic carbocycles. The Labute approximate surface area is 183 Å². The van der Waals surface area contributed by atoms with Crippen LogP contribution in [0, 0.1) is 5.41 Å². The highest BCUT2D eigenvalue weighted by atomic mass is 35.5. The molecule has 1 saturated heterocycles. The fourth-order valence-electron chi connectivity index (χ4n) is 3.50. The number of nitrogens with one attached hydrogen (secondary N) is 1. The summed E-state index contributed by atoms with van der Waals surface area (Å²) < 4.78 is 5.31. The monoisotopic (exact) mass is 444 g/mol. The molecule has 3 heterocycles. The zero-order valence-electron chi connectivity index (χ0n) is 15.3. The average Bonchev–Trinajstić information content (AvgIpc) is 3.21. The van der Waals surface area contributed by atoms with Crippen LogP contribution in [0.5, 0.6) is 0 Å². The van der Waals surface area contributed by atoms with Gasteiger partial charge in [0.2, 0.25) is 0 Å². The van der Waals surface area contributed by atoms with Crippen molar-refractivity contribution >= 4 is 49.0 Å². The van der Waals surface area contributed by atoms with E-state index in [9.17, 15) is 4.79 Å². The molecular formula is C19H23Cl3N4O2. The molecule has 0 spiro atoms. The summed E-state index contributed by atoms with van der Waals surface area (Å²) in [5.41, 5.74) is 2.33. The Morgan fingerprint density at radius 3 is 2.54 bits per heavy atom. The maximum absolute atomic E-state index is 12.5. The fourth-order valence-corrected chi connectivity index (χ4v) is 3.50. The number of benzene rings is 1. The number of hydrogen-bond donors (Lipinski definition) is 1. The van der Waals surface area contributed by atoms with Crippen LogP contribution in [0.15, 0.2) is 54.2 Å². The minimum absolute atomic E-state index is 0. The fraction of sp³-hybridized carbons (Fsp3) is 0.316. The van der Waals surface area contributed by atoms with Gasteiger partial charge in [-0.2, -0.15) is 0 Å². The first-order valence-electron chi connectivity index (χ1n) is 8.47. The van der Waals surface area contributed by atoms with E-state index in [-0.39, 0.29) is 43.2 Å². The number of fused-ring (bicyclic) bond motifs is 1. The summed E-state index contributed by atoms with van der Waals surface area (Å²) in [5, 5.41) is 11.9. The van der Waals surface area contributed by atoms with Crippen LogP contribution in [0.4, 0.5) is 5.82 Å². The zero-order valence-corrected chi connectivity index (χ0v) is 17.8. The second-order valence-corrected chi connectivity index (χ2v) is 6.35. The quantitative estimate of drug-likeness (QED) is 0.729. The molecule has 2 aromatic rings. The van der Waals surface area contributed by atoms with Crippen LogP contribution in [0.1, 0.15) is 6.92 Å². The van der Waals surface area contributed by atoms with Crippen molar-refractivity contribution in [3.05, 3.63) is 54.2 Å². The van der Waals surface area contributed by atoms with Crippen LogP contribution in [0.25, 0.3) is 11.3 Å². The first-order chi connectivity index (χ1) is 12.2. The average molecular weight is 446 g/mol. The Kier molecular flexibility index (Phi) is 8.54. The Morgan fingerprint density at radius 2 is 1.89 bits per heavy atom. The molecular weight excluding hydrogens is 423 g/mol. The number of halogens is 3. The molecule has 2 aliphatic rings. The van der Waals surface area contributed by atoms with E-state index < -0.39 is 5.41 Å². The smallest absolute Gasteiger partial charge is 0.319 e. The molecule has 2 aliphatic heterocycles. The van der Waals surface area contributed by atoms with Gasteiger partial charge < -0.3 is 15.0 Å². The van der Waals surface area contributed by atoms with Crippen molar-refractivity contribution in [3.8, 4) is 11.3 Å². The first-order valence-corrected chi connectivity index (χ1v) is 8.47. The van der Waals surface area contributed by atoms with E-state index in [2.05, 4.69) is 20.4 Å². The molecule has 4 rings (SSSR count). The summed E-state index contributed by atoms with van der Waals surface area (Å²) in [6.45, 7) is 4.02. The molecule has 0 radical (unpaired) electrons. The number of hydrogen-bond acceptors (Lipinski definition) is 6. The van der Waals surface area contributed by atoms with Crippen LogP contribution in [-0.4, -0.2) is 42.4 Å². The Hall–Kier alpha value is -2.02. The number of esters is 1. The van der Waals surface area contributed by atoms with Crippen molar-refractivity contribution in [1.82, 2.24) is 15.5 Å². The molecule has 6 nitrogen and oxygen atoms in total. The second kappa shape index (κ2) is 9.96. The van der Waals surface area contributed by atoms with E-state index in [1.54, 1.807) is 0 Å². The van der Waals surface area contributed by atoms with Gasteiger partial charge in [-0.3, -0.25) is 4.79 Å². The first kappa shape index (κ1) is 24.0. The van der Waals surface area contributed by atoms with Crippen LogP contribution in [-0.2, 0) is 9.53 Å². The molecule has 152 valence electrons. The third-order valence-corrected chi connectivity index (χ3v) is 4.83. The van der Waals surface area contributed by atoms with Gasteiger partial charge in [0.1, 0.15) is 5.41 Å². The van der Waals surface area contributed by atoms with Crippen molar-refractivity contribution in [2.45, 2.75) is 6.92 Å². The lowest BCUT2D eigenvalue weighted by molar-refractivity contribution is -0.151. The van der Waals surface area contributed by atoms with Crippen molar-refractivity contribution in [1.29, 1.82) is 0 Å². The molecule has 9 heteroatoms. The predicted octanol–water partition coefficient (Wildman–Crippen LogP) is 3.27. The summed E-state index contributed by atoms with van der Waals surface area (Å²) >= 11 is 0. The lowest BCUT2D eigenvalue weighted by atomic mass is 9.85. The number of aromatic nitrogens is 2. The van der Waals surface area contributed by atoms with E-state index in [0.717, 1.165) is 22.6 Å². The summed E-state index contributed by atoms with van der Waals surface area (Å²) in [7, 11) is 0. The maximum atomic E-state index is 12.5. The summed E-state index contributed by atoms with van der Waals surface area (Å²) in [6, 6.07) is 13.9. The van der Waals surface area contributed by atoms with Crippen molar-refractivity contribution in [3.63, 3.8) is 0 Å². The largest absolute Gasteiger partial charge is 0.465 e. The minimum Gasteiger partial charge on any atom is -0.465 e. The number of rotatable bonds is 4. The number of carbonyl (C=O) groups is 1. The van der Waals surface area contributed by atoms with Crippen molar-refractivity contribution in [2.24, 2.45) is 5.41 Å². The Balaban J connectivity index is 0.00000131. The van der Waals surface area contributed by atoms with Crippen LogP contribution in [0.2, 0.25) is 0 Å². The molecule has 0 aliphatic carbocycles. The molecule has 1 unspecified atom stereocenters. The predicted molar refractivity (Wildman–Crippen MR) is 117 cm³/mol. The number of carbonyl (C=O) groups excluding carboxylic acids is 1. The Bertz CT molecular complexity index is 818. The molecule has 0 saturated carbocycles. The maximum Gasteiger partial charge on any atom is 0.319 e. The zero-order chi connectivity index (χ0) is 17.3. The van der Waals surface area contributed by atoms with E-state index >= 15 is 0 Å². The number of nitrogens with zero attached hydrogens (tertiary/aromatic N) is 3. The van der Waals surface area contributed by atoms with Gasteiger partial charge in [-0.15, -0.1) is 47.4 Å². The summed E-state index contributed by atoms with van der Waals surface area (Å²) in [5.74, 6) is 0.612. The molecule has 1 fully saturated rings. The van der Waals surface area contributed by atoms with E-state index in [1.807, 2.05) is 55.6 Å². The second-order valence-electron chi connectivity index (χ2n) is 6.35. The van der Waals surface area contributed by atoms with Gasteiger partial charge in [0, 0.05) is 25.2 Å². The van der Waals surface area contributed by atoms with Crippen LogP contribution < -0.4 is 10.2 Å². The van der Waals surface area contributed by atoms with Gasteiger partial charge in [0.05, 0.1) is 12.3 Å². The van der Waals surface area contributed by atoms with Crippen molar-refractivity contribution < 1.29 is 9.53 Å². The van der Waals surface area contributed by atoms with Crippen LogP contribution in [0.3, 0.4) is 0 Å². The standard InChI is InChI=1S/C19H20N4O2.3ClH/c1-2-25-18(24)19-12-20-10-15(19)11-23(13-19)17-9-8-16(21-22-17)14-6-4-3-5-7-14;;;/h3-10,20H,2,11-13H2,1H3;3*1H. The van der Waals surface area contributed by atoms with Gasteiger partial charge in [-0.25, -0.2) is 0 Å².